The molecule has 0 spiro atoms. The molecule has 2 atom stereocenters. The highest BCUT2D eigenvalue weighted by Crippen LogP contribution is 2.34. The molecule has 0 radical (unpaired) electrons. The molecule has 2 fully saturated rings. The van der Waals surface area contributed by atoms with E-state index in [1.165, 1.54) is 17.9 Å². The van der Waals surface area contributed by atoms with Crippen LogP contribution in [0.1, 0.15) is 24.9 Å². The van der Waals surface area contributed by atoms with Gasteiger partial charge in [0.1, 0.15) is 5.75 Å². The maximum absolute atomic E-state index is 9.64. The smallest absolute Gasteiger partial charge is 0.115 e. The normalized spacial score (nSPS) is 27.9. The van der Waals surface area contributed by atoms with Crippen LogP contribution in [-0.2, 0) is 4.74 Å². The Morgan fingerprint density at radius 2 is 2.23 bits per heavy atom. The Kier molecular flexibility index (Phi) is 5.29. The predicted molar refractivity (Wildman–Crippen MR) is 91.6 cm³/mol. The van der Waals surface area contributed by atoms with Gasteiger partial charge in [0, 0.05) is 37.0 Å². The second-order valence-corrected chi connectivity index (χ2v) is 7.43. The lowest BCUT2D eigenvalue weighted by molar-refractivity contribution is -0.0139. The topological polar surface area (TPSA) is 44.7 Å². The van der Waals surface area contributed by atoms with E-state index in [9.17, 15) is 5.11 Å². The highest BCUT2D eigenvalue weighted by molar-refractivity contribution is 7.99. The molecule has 2 heterocycles. The quantitative estimate of drug-likeness (QED) is 0.870. The zero-order valence-electron chi connectivity index (χ0n) is 13.3. The first-order valence-corrected chi connectivity index (χ1v) is 9.28. The first kappa shape index (κ1) is 16.1. The molecule has 0 saturated carbocycles. The lowest BCUT2D eigenvalue weighted by atomic mass is 9.94. The number of nitrogens with zero attached hydrogens (tertiary/aromatic N) is 1. The summed E-state index contributed by atoms with van der Waals surface area (Å²) in [6.07, 6.45) is 1.25. The van der Waals surface area contributed by atoms with Crippen LogP contribution in [-0.4, -0.2) is 59.9 Å². The molecule has 2 saturated heterocycles. The molecule has 22 heavy (non-hydrogen) atoms. The van der Waals surface area contributed by atoms with E-state index in [1.807, 2.05) is 12.1 Å². The minimum atomic E-state index is 0.246. The number of phenols is 1. The second-order valence-electron chi connectivity index (χ2n) is 6.32. The van der Waals surface area contributed by atoms with Crippen LogP contribution in [0.4, 0.5) is 0 Å². The average molecular weight is 322 g/mol. The van der Waals surface area contributed by atoms with E-state index in [2.05, 4.69) is 35.0 Å². The molecule has 0 bridgehead atoms. The Bertz CT molecular complexity index is 485. The number of hydrogen-bond donors (Lipinski definition) is 2. The summed E-state index contributed by atoms with van der Waals surface area (Å²) >= 11 is 2.06. The summed E-state index contributed by atoms with van der Waals surface area (Å²) in [7, 11) is 0. The van der Waals surface area contributed by atoms with Crippen molar-refractivity contribution in [3.63, 3.8) is 0 Å². The van der Waals surface area contributed by atoms with Gasteiger partial charge >= 0.3 is 0 Å². The first-order valence-electron chi connectivity index (χ1n) is 8.12. The van der Waals surface area contributed by atoms with E-state index in [0.29, 0.717) is 5.75 Å². The molecule has 4 nitrogen and oxygen atoms in total. The summed E-state index contributed by atoms with van der Waals surface area (Å²) in [5.41, 5.74) is 1.40. The van der Waals surface area contributed by atoms with Crippen LogP contribution in [0.15, 0.2) is 24.3 Å². The Morgan fingerprint density at radius 3 is 2.91 bits per heavy atom. The SMILES string of the molecule is CC(NCC1(N2CCOCC2)CCSC1)c1cccc(O)c1. The summed E-state index contributed by atoms with van der Waals surface area (Å²) in [6.45, 7) is 6.97. The van der Waals surface area contributed by atoms with E-state index in [1.54, 1.807) is 6.07 Å². The van der Waals surface area contributed by atoms with Gasteiger partial charge in [-0.1, -0.05) is 12.1 Å². The fourth-order valence-corrected chi connectivity index (χ4v) is 4.87. The van der Waals surface area contributed by atoms with Gasteiger partial charge in [0.05, 0.1) is 13.2 Å². The third kappa shape index (κ3) is 3.59. The van der Waals surface area contributed by atoms with E-state index in [4.69, 9.17) is 4.74 Å². The van der Waals surface area contributed by atoms with Crippen LogP contribution >= 0.6 is 11.8 Å². The van der Waals surface area contributed by atoms with Crippen molar-refractivity contribution in [2.24, 2.45) is 0 Å². The Labute approximate surface area is 137 Å². The molecule has 0 amide bonds. The average Bonchev–Trinajstić information content (AvgIpc) is 3.04. The van der Waals surface area contributed by atoms with Crippen molar-refractivity contribution >= 4 is 11.8 Å². The van der Waals surface area contributed by atoms with Crippen LogP contribution in [0.2, 0.25) is 0 Å². The van der Waals surface area contributed by atoms with E-state index < -0.39 is 0 Å². The highest BCUT2D eigenvalue weighted by atomic mass is 32.2. The number of hydrogen-bond acceptors (Lipinski definition) is 5. The van der Waals surface area contributed by atoms with Crippen molar-refractivity contribution < 1.29 is 9.84 Å². The summed E-state index contributed by atoms with van der Waals surface area (Å²) in [6, 6.07) is 7.80. The van der Waals surface area contributed by atoms with Gasteiger partial charge in [-0.05, 0) is 36.8 Å². The molecule has 122 valence electrons. The number of phenolic OH excluding ortho intramolecular Hbond substituents is 1. The second kappa shape index (κ2) is 7.21. The molecule has 2 N–H and O–H groups in total. The fraction of sp³-hybridized carbons (Fsp3) is 0.647. The summed E-state index contributed by atoms with van der Waals surface area (Å²) in [4.78, 5) is 2.62. The molecule has 2 aliphatic rings. The molecule has 2 aliphatic heterocycles. The molecular formula is C17H26N2O2S. The van der Waals surface area contributed by atoms with Crippen LogP contribution in [0.3, 0.4) is 0 Å². The minimum absolute atomic E-state index is 0.246. The fourth-order valence-electron chi connectivity index (χ4n) is 3.39. The largest absolute Gasteiger partial charge is 0.508 e. The van der Waals surface area contributed by atoms with Gasteiger partial charge in [-0.15, -0.1) is 0 Å². The summed E-state index contributed by atoms with van der Waals surface area (Å²) in [5, 5.41) is 13.3. The molecule has 2 unspecified atom stereocenters. The van der Waals surface area contributed by atoms with Gasteiger partial charge in [0.15, 0.2) is 0 Å². The Hall–Kier alpha value is -0.750. The van der Waals surface area contributed by atoms with Gasteiger partial charge in [0.2, 0.25) is 0 Å². The Morgan fingerprint density at radius 1 is 1.41 bits per heavy atom. The first-order chi connectivity index (χ1) is 10.7. The highest BCUT2D eigenvalue weighted by Gasteiger charge is 2.40. The van der Waals surface area contributed by atoms with Crippen molar-refractivity contribution in [3.05, 3.63) is 29.8 Å². The van der Waals surface area contributed by atoms with Crippen molar-refractivity contribution in [3.8, 4) is 5.75 Å². The van der Waals surface area contributed by atoms with Crippen LogP contribution in [0, 0.1) is 0 Å². The molecule has 1 aromatic carbocycles. The van der Waals surface area contributed by atoms with Gasteiger partial charge in [-0.2, -0.15) is 11.8 Å². The van der Waals surface area contributed by atoms with E-state index in [-0.39, 0.29) is 11.6 Å². The molecule has 0 aliphatic carbocycles. The van der Waals surface area contributed by atoms with Crippen molar-refractivity contribution in [2.75, 3.05) is 44.4 Å². The zero-order chi connectivity index (χ0) is 15.4. The van der Waals surface area contributed by atoms with E-state index >= 15 is 0 Å². The molecule has 5 heteroatoms. The summed E-state index contributed by atoms with van der Waals surface area (Å²) in [5.74, 6) is 2.79. The number of aromatic hydroxyl groups is 1. The Balaban J connectivity index is 1.64. The van der Waals surface area contributed by atoms with Gasteiger partial charge < -0.3 is 15.2 Å². The molecule has 0 aromatic heterocycles. The number of thioether (sulfide) groups is 1. The van der Waals surface area contributed by atoms with E-state index in [0.717, 1.165) is 38.4 Å². The number of nitrogens with one attached hydrogen (secondary N) is 1. The summed E-state index contributed by atoms with van der Waals surface area (Å²) < 4.78 is 5.52. The lowest BCUT2D eigenvalue weighted by Crippen LogP contribution is -2.58. The van der Waals surface area contributed by atoms with Gasteiger partial charge in [-0.3, -0.25) is 4.90 Å². The number of ether oxygens (including phenoxy) is 1. The third-order valence-electron chi connectivity index (χ3n) is 4.87. The maximum atomic E-state index is 9.64. The van der Waals surface area contributed by atoms with Crippen LogP contribution < -0.4 is 5.32 Å². The third-order valence-corrected chi connectivity index (χ3v) is 6.11. The van der Waals surface area contributed by atoms with Gasteiger partial charge in [-0.25, -0.2) is 0 Å². The molecule has 1 aromatic rings. The van der Waals surface area contributed by atoms with Crippen molar-refractivity contribution in [1.29, 1.82) is 0 Å². The van der Waals surface area contributed by atoms with Crippen molar-refractivity contribution in [2.45, 2.75) is 24.9 Å². The standard InChI is InChI=1S/C17H26N2O2S/c1-14(15-3-2-4-16(20)11-15)18-12-17(5-10-22-13-17)19-6-8-21-9-7-19/h2-4,11,14,18,20H,5-10,12-13H2,1H3. The van der Waals surface area contributed by atoms with Crippen molar-refractivity contribution in [1.82, 2.24) is 10.2 Å². The number of rotatable bonds is 5. The van der Waals surface area contributed by atoms with Crippen LogP contribution in [0.25, 0.3) is 0 Å². The van der Waals surface area contributed by atoms with Crippen LogP contribution in [0.5, 0.6) is 5.75 Å². The minimum Gasteiger partial charge on any atom is -0.508 e. The monoisotopic (exact) mass is 322 g/mol. The molecular weight excluding hydrogens is 296 g/mol. The lowest BCUT2D eigenvalue weighted by Gasteiger charge is -2.43. The zero-order valence-corrected chi connectivity index (χ0v) is 14.1. The van der Waals surface area contributed by atoms with Gasteiger partial charge in [0.25, 0.3) is 0 Å². The maximum Gasteiger partial charge on any atom is 0.115 e. The number of benzene rings is 1. The molecule has 3 rings (SSSR count). The predicted octanol–water partition coefficient (Wildman–Crippen LogP) is 2.25. The number of morpholine rings is 1.